The van der Waals surface area contributed by atoms with E-state index in [2.05, 4.69) is 67.6 Å². The standard InChI is InChI=1S/C38H56IN10O21P3S2/c1-38(2,17-67-73(64,65)70-72(62,63)66-14-24-30(69-71(59,60)61)29(54)36(68-24)49-19-47-28-32(41)45-18-46-33(28)49)31(55)35(57)43-10-9-25(50)42-11-12-75-37(58)22(40)7-8-26(51)48-23(34(56)44-13-27(52)53)16-74-15-20-5-3-4-6-21(20)39/h3-6,18-19,22-24,29-31,36,54-55H,7-17,40H2,1-2H3,(H,42,50)(H,43,57)(H,44,56)(H,48,51)(H,52,53)(H,62,63)(H,64,65)(H2,41,45,46)(H2,59,60,61). The van der Waals surface area contributed by atoms with Crippen molar-refractivity contribution in [2.24, 2.45) is 11.1 Å². The van der Waals surface area contributed by atoms with Crippen molar-refractivity contribution in [1.29, 1.82) is 0 Å². The van der Waals surface area contributed by atoms with Crippen molar-refractivity contribution in [3.8, 4) is 0 Å². The molecule has 3 heterocycles. The minimum absolute atomic E-state index is 0.00713. The largest absolute Gasteiger partial charge is 0.481 e. The van der Waals surface area contributed by atoms with Crippen LogP contribution in [0.15, 0.2) is 36.9 Å². The Morgan fingerprint density at radius 2 is 1.64 bits per heavy atom. The number of carboxylic acid groups (broad SMARTS) is 1. The number of amides is 4. The number of aliphatic carboxylic acids is 1. The number of nitrogen functional groups attached to an aromatic ring is 1. The maximum atomic E-state index is 12.8. The van der Waals surface area contributed by atoms with Crippen LogP contribution < -0.4 is 32.7 Å². The van der Waals surface area contributed by atoms with Gasteiger partial charge in [-0.05, 0) is 40.6 Å². The first-order chi connectivity index (χ1) is 35.0. The number of imidazole rings is 1. The molecule has 31 nitrogen and oxygen atoms in total. The Morgan fingerprint density at radius 3 is 2.32 bits per heavy atom. The normalized spacial score (nSPS) is 19.8. The van der Waals surface area contributed by atoms with Gasteiger partial charge in [-0.2, -0.15) is 16.1 Å². The van der Waals surface area contributed by atoms with Crippen molar-refractivity contribution in [1.82, 2.24) is 40.8 Å². The lowest BCUT2D eigenvalue weighted by Gasteiger charge is -2.30. The number of carbonyl (C=O) groups excluding carboxylic acids is 5. The summed E-state index contributed by atoms with van der Waals surface area (Å²) in [5.41, 5.74) is 11.1. The SMILES string of the molecule is CC(C)(COP(=O)(O)OP(=O)(O)OCC1OC(n2cnc3c(N)ncnc32)C(O)C1OP(=O)(O)O)C(O)C(=O)NCCC(=O)NCCSC(=O)C(N)CCC(=O)NC(CSCc1ccccc1I)C(=O)NCC(=O)O. The van der Waals surface area contributed by atoms with Crippen molar-refractivity contribution >= 4 is 121 Å². The second-order valence-corrected chi connectivity index (χ2v) is 24.2. The lowest BCUT2D eigenvalue weighted by Crippen LogP contribution is -2.49. The number of halogens is 1. The van der Waals surface area contributed by atoms with E-state index in [0.717, 1.165) is 38.1 Å². The number of carbonyl (C=O) groups is 6. The monoisotopic (exact) mass is 1270 g/mol. The van der Waals surface area contributed by atoms with E-state index in [1.165, 1.54) is 25.6 Å². The molecule has 1 aromatic carbocycles. The van der Waals surface area contributed by atoms with Crippen LogP contribution in [0.1, 0.15) is 44.9 Å². The van der Waals surface area contributed by atoms with Crippen molar-refractivity contribution in [3.05, 3.63) is 46.1 Å². The first-order valence-corrected chi connectivity index (χ1v) is 29.6. The molecule has 1 fully saturated rings. The summed E-state index contributed by atoms with van der Waals surface area (Å²) >= 11 is 4.32. The Bertz CT molecular complexity index is 2660. The maximum Gasteiger partial charge on any atom is 0.481 e. The number of phosphoric ester groups is 3. The molecule has 4 rings (SSSR count). The Kier molecular flexibility index (Phi) is 24.4. The van der Waals surface area contributed by atoms with E-state index in [1.54, 1.807) is 0 Å². The van der Waals surface area contributed by atoms with E-state index in [0.29, 0.717) is 5.75 Å². The van der Waals surface area contributed by atoms with E-state index >= 15 is 0 Å². The van der Waals surface area contributed by atoms with Crippen molar-refractivity contribution in [2.45, 2.75) is 81.6 Å². The summed E-state index contributed by atoms with van der Waals surface area (Å²) in [6, 6.07) is 5.44. The smallest absolute Gasteiger partial charge is 0.480 e. The van der Waals surface area contributed by atoms with Gasteiger partial charge in [-0.3, -0.25) is 46.9 Å². The average Bonchev–Trinajstić information content (AvgIpc) is 3.89. The van der Waals surface area contributed by atoms with Gasteiger partial charge >= 0.3 is 29.4 Å². The molecule has 9 unspecified atom stereocenters. The number of nitrogens with one attached hydrogen (secondary N) is 4. The zero-order valence-corrected chi connectivity index (χ0v) is 46.1. The van der Waals surface area contributed by atoms with Gasteiger partial charge in [0.05, 0.1) is 25.6 Å². The van der Waals surface area contributed by atoms with Crippen LogP contribution in [-0.2, 0) is 70.8 Å². The third-order valence-electron chi connectivity index (χ3n) is 10.3. The van der Waals surface area contributed by atoms with Gasteiger partial charge < -0.3 is 72.4 Å². The predicted molar refractivity (Wildman–Crippen MR) is 272 cm³/mol. The van der Waals surface area contributed by atoms with Crippen LogP contribution >= 0.6 is 69.6 Å². The quantitative estimate of drug-likeness (QED) is 0.0209. The molecule has 0 radical (unpaired) electrons. The third kappa shape index (κ3) is 20.8. The maximum absolute atomic E-state index is 12.8. The number of aliphatic hydroxyl groups is 2. The molecular weight excluding hydrogens is 1220 g/mol. The number of aromatic nitrogens is 4. The Balaban J connectivity index is 1.14. The van der Waals surface area contributed by atoms with E-state index in [4.69, 9.17) is 30.4 Å². The zero-order valence-electron chi connectivity index (χ0n) is 39.6. The molecule has 2 aromatic heterocycles. The van der Waals surface area contributed by atoms with E-state index in [-0.39, 0.29) is 60.8 Å². The number of benzene rings is 1. The number of hydrogen-bond donors (Lipinski definition) is 13. The van der Waals surface area contributed by atoms with Gasteiger partial charge in [-0.25, -0.2) is 28.6 Å². The molecule has 75 heavy (non-hydrogen) atoms. The number of anilines is 1. The van der Waals surface area contributed by atoms with Gasteiger partial charge in [-0.15, -0.1) is 0 Å². The molecule has 1 aliphatic heterocycles. The first-order valence-electron chi connectivity index (χ1n) is 21.9. The van der Waals surface area contributed by atoms with E-state index in [9.17, 15) is 72.2 Å². The number of nitrogens with zero attached hydrogens (tertiary/aromatic N) is 4. The fraction of sp³-hybridized carbons (Fsp3) is 0.553. The Labute approximate surface area is 448 Å². The fourth-order valence-corrected chi connectivity index (χ4v) is 11.9. The van der Waals surface area contributed by atoms with Gasteiger partial charge in [0.15, 0.2) is 17.7 Å². The fourth-order valence-electron chi connectivity index (χ4n) is 6.43. The highest BCUT2D eigenvalue weighted by molar-refractivity contribution is 14.1. The van der Waals surface area contributed by atoms with Crippen LogP contribution in [0.25, 0.3) is 11.2 Å². The van der Waals surface area contributed by atoms with Gasteiger partial charge in [-0.1, -0.05) is 43.8 Å². The molecule has 0 aliphatic carbocycles. The van der Waals surface area contributed by atoms with Gasteiger partial charge in [0.1, 0.15) is 48.8 Å². The van der Waals surface area contributed by atoms with Crippen LogP contribution in [0.3, 0.4) is 0 Å². The summed E-state index contributed by atoms with van der Waals surface area (Å²) in [7, 11) is -16.6. The Hall–Kier alpha value is -3.77. The number of thioether (sulfide) groups is 2. The molecule has 3 aromatic rings. The molecule has 418 valence electrons. The summed E-state index contributed by atoms with van der Waals surface area (Å²) in [4.78, 5) is 125. The molecule has 9 atom stereocenters. The number of carboxylic acids is 1. The average molecular weight is 1270 g/mol. The van der Waals surface area contributed by atoms with Crippen LogP contribution in [0.5, 0.6) is 0 Å². The summed E-state index contributed by atoms with van der Waals surface area (Å²) < 4.78 is 63.4. The number of rotatable bonds is 31. The first kappa shape index (κ1) is 63.8. The molecule has 15 N–H and O–H groups in total. The summed E-state index contributed by atoms with van der Waals surface area (Å²) in [6.07, 6.45) is -7.60. The lowest BCUT2D eigenvalue weighted by atomic mass is 9.87. The number of phosphoric acid groups is 3. The van der Waals surface area contributed by atoms with Crippen LogP contribution in [-0.4, -0.2) is 170 Å². The summed E-state index contributed by atoms with van der Waals surface area (Å²) in [5, 5.41) is 39.7. The van der Waals surface area contributed by atoms with Gasteiger partial charge in [0, 0.05) is 52.2 Å². The minimum Gasteiger partial charge on any atom is -0.480 e. The van der Waals surface area contributed by atoms with Gasteiger partial charge in [0.25, 0.3) is 0 Å². The zero-order chi connectivity index (χ0) is 55.9. The number of hydrogen-bond acceptors (Lipinski definition) is 23. The molecule has 4 amide bonds. The minimum atomic E-state index is -5.63. The van der Waals surface area contributed by atoms with Crippen LogP contribution in [0.4, 0.5) is 5.82 Å². The molecule has 0 spiro atoms. The van der Waals surface area contributed by atoms with Crippen molar-refractivity contribution in [3.63, 3.8) is 0 Å². The second-order valence-electron chi connectivity index (χ2n) is 16.7. The van der Waals surface area contributed by atoms with Crippen molar-refractivity contribution in [2.75, 3.05) is 50.1 Å². The third-order valence-corrected chi connectivity index (χ3v) is 16.5. The lowest BCUT2D eigenvalue weighted by molar-refractivity contribution is -0.138. The highest BCUT2D eigenvalue weighted by atomic mass is 127. The predicted octanol–water partition coefficient (Wildman–Crippen LogP) is -1.00. The van der Waals surface area contributed by atoms with E-state index in [1.807, 2.05) is 24.3 Å². The van der Waals surface area contributed by atoms with Crippen LogP contribution in [0.2, 0.25) is 0 Å². The van der Waals surface area contributed by atoms with Crippen molar-refractivity contribution < 1.29 is 100.0 Å². The second kappa shape index (κ2) is 28.7. The number of ether oxygens (including phenoxy) is 1. The Morgan fingerprint density at radius 1 is 0.947 bits per heavy atom. The molecule has 1 aliphatic rings. The van der Waals surface area contributed by atoms with E-state index < -0.39 is 126 Å². The molecule has 37 heteroatoms. The van der Waals surface area contributed by atoms with Gasteiger partial charge in [0.2, 0.25) is 28.7 Å². The topological polar surface area (TPSA) is 485 Å². The number of nitrogens with two attached hydrogens (primary N) is 2. The highest BCUT2D eigenvalue weighted by Gasteiger charge is 2.50. The summed E-state index contributed by atoms with van der Waals surface area (Å²) in [5.74, 6) is -3.49. The van der Waals surface area contributed by atoms with Crippen LogP contribution in [0, 0.1) is 8.99 Å². The highest BCUT2D eigenvalue weighted by Crippen LogP contribution is 2.61. The number of aliphatic hydroxyl groups excluding tert-OH is 2. The molecule has 1 saturated heterocycles. The molecular formula is C38H56IN10O21P3S2. The number of fused-ring (bicyclic) bond motifs is 1. The molecule has 0 bridgehead atoms. The summed E-state index contributed by atoms with van der Waals surface area (Å²) in [6.45, 7) is -0.657. The molecule has 0 saturated carbocycles.